The molecular formula is C2H2IN3. The Morgan fingerprint density at radius 3 is 2.00 bits per heavy atom. The molecule has 0 atom stereocenters. The third-order valence-electron chi connectivity index (χ3n) is 0.391. The van der Waals surface area contributed by atoms with Crippen LogP contribution >= 0.6 is 22.9 Å². The summed E-state index contributed by atoms with van der Waals surface area (Å²) in [7, 11) is 0. The second-order valence-corrected chi connectivity index (χ2v) is 1.63. The molecule has 1 aromatic rings. The van der Waals surface area contributed by atoms with Crippen molar-refractivity contribution in [1.29, 1.82) is 0 Å². The molecule has 0 aliphatic carbocycles. The zero-order valence-corrected chi connectivity index (χ0v) is 5.03. The Morgan fingerprint density at radius 2 is 1.83 bits per heavy atom. The van der Waals surface area contributed by atoms with Crippen LogP contribution < -0.4 is 0 Å². The summed E-state index contributed by atoms with van der Waals surface area (Å²) < 4.78 is 1.47. The van der Waals surface area contributed by atoms with E-state index in [2.05, 4.69) is 10.2 Å². The van der Waals surface area contributed by atoms with Gasteiger partial charge in [0.15, 0.2) is 0 Å². The summed E-state index contributed by atoms with van der Waals surface area (Å²) in [6.45, 7) is 0. The van der Waals surface area contributed by atoms with Crippen LogP contribution in [0, 0.1) is 0 Å². The van der Waals surface area contributed by atoms with Crippen LogP contribution in [0.1, 0.15) is 0 Å². The molecule has 1 rings (SSSR count). The molecule has 1 heterocycles. The molecule has 32 valence electrons. The van der Waals surface area contributed by atoms with Crippen LogP contribution in [0.3, 0.4) is 0 Å². The van der Waals surface area contributed by atoms with Gasteiger partial charge in [-0.05, 0) is 0 Å². The van der Waals surface area contributed by atoms with Gasteiger partial charge < -0.3 is 0 Å². The summed E-state index contributed by atoms with van der Waals surface area (Å²) in [5, 5.41) is 7.42. The summed E-state index contributed by atoms with van der Waals surface area (Å²) in [6, 6.07) is 0. The predicted octanol–water partition coefficient (Wildman–Crippen LogP) is 0.476. The molecular weight excluding hydrogens is 193 g/mol. The number of rotatable bonds is 0. The molecule has 0 aliphatic rings. The quantitative estimate of drug-likeness (QED) is 0.563. The van der Waals surface area contributed by atoms with Crippen LogP contribution in [0.15, 0.2) is 12.4 Å². The van der Waals surface area contributed by atoms with Crippen molar-refractivity contribution in [2.24, 2.45) is 0 Å². The molecule has 4 heteroatoms. The van der Waals surface area contributed by atoms with E-state index in [0.717, 1.165) is 0 Å². The molecule has 0 spiro atoms. The molecule has 0 saturated carbocycles. The minimum absolute atomic E-state index is 1.47. The Morgan fingerprint density at radius 1 is 1.33 bits per heavy atom. The molecule has 0 radical (unpaired) electrons. The van der Waals surface area contributed by atoms with Gasteiger partial charge in [-0.3, -0.25) is 0 Å². The Kier molecular flexibility index (Phi) is 1.04. The highest BCUT2D eigenvalue weighted by molar-refractivity contribution is 14.1. The van der Waals surface area contributed by atoms with Crippen molar-refractivity contribution in [1.82, 2.24) is 13.2 Å². The van der Waals surface area contributed by atoms with Gasteiger partial charge in [0.25, 0.3) is 0 Å². The Hall–Kier alpha value is -0.130. The van der Waals surface area contributed by atoms with Gasteiger partial charge in [0.2, 0.25) is 0 Å². The van der Waals surface area contributed by atoms with E-state index in [0.29, 0.717) is 0 Å². The summed E-state index contributed by atoms with van der Waals surface area (Å²) in [5.74, 6) is 0. The molecule has 0 fully saturated rings. The highest BCUT2D eigenvalue weighted by Gasteiger charge is 1.73. The Labute approximate surface area is 48.8 Å². The molecule has 6 heavy (non-hydrogen) atoms. The first-order chi connectivity index (χ1) is 2.89. The third kappa shape index (κ3) is 0.675. The van der Waals surface area contributed by atoms with Crippen molar-refractivity contribution >= 4 is 22.9 Å². The summed E-state index contributed by atoms with van der Waals surface area (Å²) in [6.07, 6.45) is 3.26. The minimum atomic E-state index is 1.47. The second-order valence-electron chi connectivity index (χ2n) is 0.770. The Balaban J connectivity index is 3.05. The van der Waals surface area contributed by atoms with Crippen LogP contribution in [0.25, 0.3) is 0 Å². The first-order valence-electron chi connectivity index (χ1n) is 1.42. The van der Waals surface area contributed by atoms with Crippen molar-refractivity contribution in [3.8, 4) is 0 Å². The zero-order chi connectivity index (χ0) is 4.41. The van der Waals surface area contributed by atoms with E-state index < -0.39 is 0 Å². The monoisotopic (exact) mass is 195 g/mol. The fourth-order valence-electron chi connectivity index (χ4n) is 0.199. The van der Waals surface area contributed by atoms with Gasteiger partial charge in [-0.2, -0.15) is 10.2 Å². The molecule has 0 unspecified atom stereocenters. The first kappa shape index (κ1) is 4.04. The van der Waals surface area contributed by atoms with Crippen LogP contribution in [0.4, 0.5) is 0 Å². The van der Waals surface area contributed by atoms with Crippen molar-refractivity contribution in [2.75, 3.05) is 0 Å². The van der Waals surface area contributed by atoms with Gasteiger partial charge in [-0.1, -0.05) is 0 Å². The maximum atomic E-state index is 3.71. The highest BCUT2D eigenvalue weighted by Crippen LogP contribution is 1.80. The van der Waals surface area contributed by atoms with Crippen LogP contribution in [0.2, 0.25) is 0 Å². The van der Waals surface area contributed by atoms with E-state index in [1.54, 1.807) is 12.4 Å². The summed E-state index contributed by atoms with van der Waals surface area (Å²) in [4.78, 5) is 0. The topological polar surface area (TPSA) is 30.7 Å². The minimum Gasteiger partial charge on any atom is -0.152 e. The predicted molar refractivity (Wildman–Crippen MR) is 29.4 cm³/mol. The molecule has 0 aliphatic heterocycles. The van der Waals surface area contributed by atoms with E-state index in [1.165, 1.54) is 3.01 Å². The average Bonchev–Trinajstić information content (AvgIpc) is 1.86. The zero-order valence-electron chi connectivity index (χ0n) is 2.87. The molecule has 3 nitrogen and oxygen atoms in total. The summed E-state index contributed by atoms with van der Waals surface area (Å²) >= 11 is 1.97. The lowest BCUT2D eigenvalue weighted by atomic mass is 11.0. The van der Waals surface area contributed by atoms with E-state index in [-0.39, 0.29) is 0 Å². The SMILES string of the molecule is In1nccn1. The van der Waals surface area contributed by atoms with E-state index >= 15 is 0 Å². The van der Waals surface area contributed by atoms with Gasteiger partial charge in [0, 0.05) is 0 Å². The number of halogens is 1. The molecule has 0 bridgehead atoms. The normalized spacial score (nSPS) is 8.83. The highest BCUT2D eigenvalue weighted by atomic mass is 127. The van der Waals surface area contributed by atoms with Gasteiger partial charge in [0.1, 0.15) is 22.9 Å². The maximum Gasteiger partial charge on any atom is 0.111 e. The van der Waals surface area contributed by atoms with Crippen LogP contribution in [0.5, 0.6) is 0 Å². The van der Waals surface area contributed by atoms with Crippen molar-refractivity contribution < 1.29 is 0 Å². The molecule has 0 aromatic carbocycles. The largest absolute Gasteiger partial charge is 0.152 e. The lowest BCUT2D eigenvalue weighted by Gasteiger charge is -1.70. The van der Waals surface area contributed by atoms with E-state index in [4.69, 9.17) is 0 Å². The lowest BCUT2D eigenvalue weighted by Crippen LogP contribution is -1.79. The number of hydrogen-bond acceptors (Lipinski definition) is 2. The number of nitrogens with zero attached hydrogens (tertiary/aromatic N) is 3. The fourth-order valence-corrected chi connectivity index (χ4v) is 0.487. The van der Waals surface area contributed by atoms with Crippen molar-refractivity contribution in [2.45, 2.75) is 0 Å². The standard InChI is InChI=1S/C2H2IN3/c3-6-4-1-2-5-6/h1-2H. The van der Waals surface area contributed by atoms with E-state index in [1.807, 2.05) is 22.9 Å². The van der Waals surface area contributed by atoms with Crippen LogP contribution in [-0.4, -0.2) is 13.2 Å². The number of aromatic nitrogens is 3. The first-order valence-corrected chi connectivity index (χ1v) is 2.38. The van der Waals surface area contributed by atoms with Gasteiger partial charge in [-0.25, -0.2) is 0 Å². The van der Waals surface area contributed by atoms with Crippen molar-refractivity contribution in [3.05, 3.63) is 12.4 Å². The van der Waals surface area contributed by atoms with Gasteiger partial charge in [-0.15, -0.1) is 3.01 Å². The van der Waals surface area contributed by atoms with Gasteiger partial charge >= 0.3 is 0 Å². The van der Waals surface area contributed by atoms with E-state index in [9.17, 15) is 0 Å². The number of hydrogen-bond donors (Lipinski definition) is 0. The maximum absolute atomic E-state index is 3.71. The molecule has 0 saturated heterocycles. The third-order valence-corrected chi connectivity index (χ3v) is 0.889. The lowest BCUT2D eigenvalue weighted by molar-refractivity contribution is 0.906. The average molecular weight is 195 g/mol. The summed E-state index contributed by atoms with van der Waals surface area (Å²) in [5.41, 5.74) is 0. The smallest absolute Gasteiger partial charge is 0.111 e. The molecule has 1 aromatic heterocycles. The fraction of sp³-hybridized carbons (Fsp3) is 0. The van der Waals surface area contributed by atoms with Gasteiger partial charge in [0.05, 0.1) is 12.4 Å². The van der Waals surface area contributed by atoms with Crippen LogP contribution in [-0.2, 0) is 0 Å². The van der Waals surface area contributed by atoms with Crippen molar-refractivity contribution in [3.63, 3.8) is 0 Å². The second kappa shape index (κ2) is 1.55. The molecule has 0 N–H and O–H groups in total. The molecule has 0 amide bonds. The Bertz CT molecular complexity index is 112.